The van der Waals surface area contributed by atoms with Gasteiger partial charge in [0.2, 0.25) is 0 Å². The monoisotopic (exact) mass is 373 g/mol. The Labute approximate surface area is 156 Å². The van der Waals surface area contributed by atoms with Crippen molar-refractivity contribution in [3.8, 4) is 0 Å². The van der Waals surface area contributed by atoms with Crippen LogP contribution in [0.2, 0.25) is 0 Å². The van der Waals surface area contributed by atoms with Crippen LogP contribution in [-0.4, -0.2) is 43.7 Å². The zero-order chi connectivity index (χ0) is 19.6. The lowest BCUT2D eigenvalue weighted by atomic mass is 10.1. The number of rotatable bonds is 4. The number of anilines is 2. The zero-order valence-corrected chi connectivity index (χ0v) is 15.1. The van der Waals surface area contributed by atoms with E-state index in [-0.39, 0.29) is 17.7 Å². The molecule has 0 radical (unpaired) electrons. The highest BCUT2D eigenvalue weighted by Gasteiger charge is 2.29. The molecule has 27 heavy (non-hydrogen) atoms. The van der Waals surface area contributed by atoms with Gasteiger partial charge in [0.05, 0.1) is 23.7 Å². The van der Waals surface area contributed by atoms with E-state index in [1.165, 1.54) is 19.2 Å². The third kappa shape index (κ3) is 3.84. The van der Waals surface area contributed by atoms with Gasteiger partial charge < -0.3 is 14.5 Å². The SMILES string of the molecule is COC(=O)c1ccc(N2CCN(c3ccc(F)cc3[N+](=O)[O-])C(C)C2)cc1. The van der Waals surface area contributed by atoms with Crippen LogP contribution in [0.3, 0.4) is 0 Å². The van der Waals surface area contributed by atoms with E-state index in [4.69, 9.17) is 4.74 Å². The number of benzene rings is 2. The Morgan fingerprint density at radius 2 is 1.93 bits per heavy atom. The molecule has 2 aromatic rings. The van der Waals surface area contributed by atoms with Crippen LogP contribution < -0.4 is 9.80 Å². The van der Waals surface area contributed by atoms with Crippen molar-refractivity contribution in [1.82, 2.24) is 0 Å². The van der Waals surface area contributed by atoms with Crippen molar-refractivity contribution in [1.29, 1.82) is 0 Å². The number of halogens is 1. The Hall–Kier alpha value is -3.16. The maximum atomic E-state index is 13.4. The summed E-state index contributed by atoms with van der Waals surface area (Å²) in [4.78, 5) is 26.3. The number of methoxy groups -OCH3 is 1. The third-order valence-corrected chi connectivity index (χ3v) is 4.72. The molecule has 1 unspecified atom stereocenters. The van der Waals surface area contributed by atoms with Gasteiger partial charge in [0.25, 0.3) is 5.69 Å². The number of nitrogens with zero attached hydrogens (tertiary/aromatic N) is 3. The highest BCUT2D eigenvalue weighted by atomic mass is 19.1. The van der Waals surface area contributed by atoms with E-state index in [0.717, 1.165) is 11.8 Å². The van der Waals surface area contributed by atoms with Crippen LogP contribution in [0.25, 0.3) is 0 Å². The van der Waals surface area contributed by atoms with Crippen molar-refractivity contribution < 1.29 is 18.8 Å². The Morgan fingerprint density at radius 3 is 2.52 bits per heavy atom. The predicted octanol–water partition coefficient (Wildman–Crippen LogP) is 3.24. The number of carbonyl (C=O) groups is 1. The van der Waals surface area contributed by atoms with Gasteiger partial charge in [-0.2, -0.15) is 0 Å². The lowest BCUT2D eigenvalue weighted by Gasteiger charge is -2.42. The average Bonchev–Trinajstić information content (AvgIpc) is 2.67. The van der Waals surface area contributed by atoms with Gasteiger partial charge in [0, 0.05) is 31.4 Å². The summed E-state index contributed by atoms with van der Waals surface area (Å²) >= 11 is 0. The van der Waals surface area contributed by atoms with Crippen LogP contribution in [0.1, 0.15) is 17.3 Å². The first-order valence-corrected chi connectivity index (χ1v) is 8.54. The van der Waals surface area contributed by atoms with Crippen LogP contribution in [-0.2, 0) is 4.74 Å². The number of piperazine rings is 1. The molecule has 1 aliphatic heterocycles. The molecule has 1 saturated heterocycles. The summed E-state index contributed by atoms with van der Waals surface area (Å²) in [7, 11) is 1.34. The smallest absolute Gasteiger partial charge is 0.337 e. The van der Waals surface area contributed by atoms with Crippen LogP contribution in [0.15, 0.2) is 42.5 Å². The van der Waals surface area contributed by atoms with E-state index in [9.17, 15) is 19.3 Å². The van der Waals surface area contributed by atoms with E-state index in [2.05, 4.69) is 4.90 Å². The number of hydrogen-bond acceptors (Lipinski definition) is 6. The first kappa shape index (κ1) is 18.6. The molecule has 0 aliphatic carbocycles. The number of ether oxygens (including phenoxy) is 1. The molecule has 142 valence electrons. The molecule has 3 rings (SSSR count). The highest BCUT2D eigenvalue weighted by molar-refractivity contribution is 5.89. The summed E-state index contributed by atoms with van der Waals surface area (Å²) in [6.07, 6.45) is 0. The van der Waals surface area contributed by atoms with Gasteiger partial charge in [-0.25, -0.2) is 9.18 Å². The number of esters is 1. The molecular weight excluding hydrogens is 353 g/mol. The second-order valence-corrected chi connectivity index (χ2v) is 6.42. The minimum Gasteiger partial charge on any atom is -0.465 e. The van der Waals surface area contributed by atoms with Gasteiger partial charge in [0.1, 0.15) is 11.5 Å². The molecule has 0 bridgehead atoms. The maximum absolute atomic E-state index is 13.4. The third-order valence-electron chi connectivity index (χ3n) is 4.72. The normalized spacial score (nSPS) is 16.9. The van der Waals surface area contributed by atoms with Crippen LogP contribution in [0.4, 0.5) is 21.5 Å². The number of nitro groups is 1. The molecule has 0 N–H and O–H groups in total. The van der Waals surface area contributed by atoms with Gasteiger partial charge in [-0.3, -0.25) is 10.1 Å². The standard InChI is InChI=1S/C19H20FN3O4/c1-13-12-21(16-6-3-14(4-7-16)19(24)27-2)9-10-22(13)17-8-5-15(20)11-18(17)23(25)26/h3-8,11,13H,9-10,12H2,1-2H3. The van der Waals surface area contributed by atoms with Crippen molar-refractivity contribution in [2.45, 2.75) is 13.0 Å². The van der Waals surface area contributed by atoms with Crippen molar-refractivity contribution in [2.24, 2.45) is 0 Å². The second-order valence-electron chi connectivity index (χ2n) is 6.42. The van der Waals surface area contributed by atoms with Crippen LogP contribution in [0, 0.1) is 15.9 Å². The van der Waals surface area contributed by atoms with Crippen LogP contribution >= 0.6 is 0 Å². The lowest BCUT2D eigenvalue weighted by molar-refractivity contribution is -0.384. The molecule has 0 spiro atoms. The molecule has 7 nitrogen and oxygen atoms in total. The van der Waals surface area contributed by atoms with Gasteiger partial charge in [-0.05, 0) is 43.3 Å². The fraction of sp³-hybridized carbons (Fsp3) is 0.316. The van der Waals surface area contributed by atoms with Crippen molar-refractivity contribution >= 4 is 23.0 Å². The maximum Gasteiger partial charge on any atom is 0.337 e. The average molecular weight is 373 g/mol. The van der Waals surface area contributed by atoms with Gasteiger partial charge in [-0.15, -0.1) is 0 Å². The van der Waals surface area contributed by atoms with Gasteiger partial charge in [-0.1, -0.05) is 0 Å². The second kappa shape index (κ2) is 7.61. The molecule has 0 aromatic heterocycles. The van der Waals surface area contributed by atoms with Crippen LogP contribution in [0.5, 0.6) is 0 Å². The summed E-state index contributed by atoms with van der Waals surface area (Å²) in [5.74, 6) is -1.01. The molecule has 1 heterocycles. The minimum atomic E-state index is -0.623. The Morgan fingerprint density at radius 1 is 1.22 bits per heavy atom. The highest BCUT2D eigenvalue weighted by Crippen LogP contribution is 2.32. The van der Waals surface area contributed by atoms with E-state index < -0.39 is 10.7 Å². The quantitative estimate of drug-likeness (QED) is 0.465. The molecule has 1 atom stereocenters. The zero-order valence-electron chi connectivity index (χ0n) is 15.1. The van der Waals surface area contributed by atoms with E-state index in [0.29, 0.717) is 30.9 Å². The number of carbonyl (C=O) groups excluding carboxylic acids is 1. The molecular formula is C19H20FN3O4. The summed E-state index contributed by atoms with van der Waals surface area (Å²) in [6, 6.07) is 10.8. The summed E-state index contributed by atoms with van der Waals surface area (Å²) < 4.78 is 18.1. The molecule has 8 heteroatoms. The molecule has 0 amide bonds. The molecule has 1 aliphatic rings. The molecule has 0 saturated carbocycles. The van der Waals surface area contributed by atoms with Crippen molar-refractivity contribution in [2.75, 3.05) is 36.5 Å². The topological polar surface area (TPSA) is 75.9 Å². The van der Waals surface area contributed by atoms with Crippen molar-refractivity contribution in [3.63, 3.8) is 0 Å². The fourth-order valence-corrected chi connectivity index (χ4v) is 3.36. The van der Waals surface area contributed by atoms with E-state index in [1.54, 1.807) is 12.1 Å². The molecule has 2 aromatic carbocycles. The lowest BCUT2D eigenvalue weighted by Crippen LogP contribution is -2.52. The summed E-state index contributed by atoms with van der Waals surface area (Å²) in [5.41, 5.74) is 1.64. The largest absolute Gasteiger partial charge is 0.465 e. The van der Waals surface area contributed by atoms with Gasteiger partial charge in [0.15, 0.2) is 0 Å². The Balaban J connectivity index is 1.77. The Kier molecular flexibility index (Phi) is 5.25. The number of hydrogen-bond donors (Lipinski definition) is 0. The fourth-order valence-electron chi connectivity index (χ4n) is 3.36. The Bertz CT molecular complexity index is 857. The number of nitro benzene ring substituents is 1. The minimum absolute atomic E-state index is 0.0109. The summed E-state index contributed by atoms with van der Waals surface area (Å²) in [5, 5.41) is 11.3. The predicted molar refractivity (Wildman–Crippen MR) is 99.9 cm³/mol. The molecule has 1 fully saturated rings. The van der Waals surface area contributed by atoms with Gasteiger partial charge >= 0.3 is 5.97 Å². The van der Waals surface area contributed by atoms with E-state index >= 15 is 0 Å². The summed E-state index contributed by atoms with van der Waals surface area (Å²) in [6.45, 7) is 3.83. The van der Waals surface area contributed by atoms with E-state index in [1.807, 2.05) is 24.0 Å². The first-order valence-electron chi connectivity index (χ1n) is 8.54. The van der Waals surface area contributed by atoms with Crippen molar-refractivity contribution in [3.05, 3.63) is 64.0 Å². The first-order chi connectivity index (χ1) is 12.9.